The van der Waals surface area contributed by atoms with Crippen molar-refractivity contribution in [3.63, 3.8) is 0 Å². The van der Waals surface area contributed by atoms with Crippen molar-refractivity contribution in [1.82, 2.24) is 0 Å². The van der Waals surface area contributed by atoms with Crippen LogP contribution in [0.1, 0.15) is 23.7 Å². The highest BCUT2D eigenvalue weighted by Crippen LogP contribution is 2.31. The molecule has 4 heteroatoms. The second-order valence-corrected chi connectivity index (χ2v) is 3.71. The molecule has 1 aromatic rings. The maximum Gasteiger partial charge on any atom is 0.119 e. The third kappa shape index (κ3) is 2.25. The summed E-state index contributed by atoms with van der Waals surface area (Å²) in [4.78, 5) is 0. The third-order valence-corrected chi connectivity index (χ3v) is 2.82. The van der Waals surface area contributed by atoms with Crippen LogP contribution >= 0.6 is 12.4 Å². The van der Waals surface area contributed by atoms with Gasteiger partial charge in [0, 0.05) is 6.04 Å². The molecular formula is C11H16ClNO2. The molecule has 0 aliphatic heterocycles. The fourth-order valence-corrected chi connectivity index (χ4v) is 1.92. The highest BCUT2D eigenvalue weighted by atomic mass is 35.5. The normalized spacial score (nSPS) is 23.9. The van der Waals surface area contributed by atoms with Gasteiger partial charge in [0.25, 0.3) is 0 Å². The Kier molecular flexibility index (Phi) is 3.97. The lowest BCUT2D eigenvalue weighted by Crippen LogP contribution is -2.32. The summed E-state index contributed by atoms with van der Waals surface area (Å²) in [6.07, 6.45) is 1.23. The molecule has 1 aliphatic carbocycles. The Bertz CT molecular complexity index is 343. The number of aryl methyl sites for hydroxylation is 1. The minimum Gasteiger partial charge on any atom is -0.497 e. The number of hydrogen-bond donors (Lipinski definition) is 2. The third-order valence-electron chi connectivity index (χ3n) is 2.82. The molecule has 0 heterocycles. The zero-order valence-corrected chi connectivity index (χ0v) is 9.46. The van der Waals surface area contributed by atoms with Crippen molar-refractivity contribution in [2.24, 2.45) is 5.73 Å². The van der Waals surface area contributed by atoms with E-state index >= 15 is 0 Å². The monoisotopic (exact) mass is 229 g/mol. The van der Waals surface area contributed by atoms with Crippen LogP contribution in [0.2, 0.25) is 0 Å². The van der Waals surface area contributed by atoms with Crippen molar-refractivity contribution in [3.8, 4) is 5.75 Å². The summed E-state index contributed by atoms with van der Waals surface area (Å²) < 4.78 is 5.13. The first-order chi connectivity index (χ1) is 6.72. The van der Waals surface area contributed by atoms with Crippen LogP contribution in [0.15, 0.2) is 18.2 Å². The molecule has 15 heavy (non-hydrogen) atoms. The first kappa shape index (κ1) is 12.3. The van der Waals surface area contributed by atoms with E-state index in [4.69, 9.17) is 10.5 Å². The first-order valence-corrected chi connectivity index (χ1v) is 4.83. The largest absolute Gasteiger partial charge is 0.497 e. The summed E-state index contributed by atoms with van der Waals surface area (Å²) in [6.45, 7) is 0. The summed E-state index contributed by atoms with van der Waals surface area (Å²) in [5.74, 6) is 0.839. The van der Waals surface area contributed by atoms with Gasteiger partial charge < -0.3 is 15.6 Å². The van der Waals surface area contributed by atoms with Gasteiger partial charge in [-0.25, -0.2) is 0 Å². The minimum atomic E-state index is -0.523. The van der Waals surface area contributed by atoms with E-state index in [1.807, 2.05) is 18.2 Å². The smallest absolute Gasteiger partial charge is 0.119 e. The number of aliphatic hydroxyl groups is 1. The zero-order valence-electron chi connectivity index (χ0n) is 8.64. The van der Waals surface area contributed by atoms with Crippen LogP contribution in [0.3, 0.4) is 0 Å². The van der Waals surface area contributed by atoms with Crippen LogP contribution in [0.25, 0.3) is 0 Å². The molecule has 2 unspecified atom stereocenters. The average molecular weight is 230 g/mol. The quantitative estimate of drug-likeness (QED) is 0.766. The van der Waals surface area contributed by atoms with E-state index in [-0.39, 0.29) is 18.4 Å². The van der Waals surface area contributed by atoms with Gasteiger partial charge in [-0.2, -0.15) is 0 Å². The highest BCUT2D eigenvalue weighted by Gasteiger charge is 2.24. The maximum absolute atomic E-state index is 9.83. The molecule has 84 valence electrons. The Hall–Kier alpha value is -0.770. The van der Waals surface area contributed by atoms with Crippen molar-refractivity contribution in [2.75, 3.05) is 7.11 Å². The van der Waals surface area contributed by atoms with Crippen molar-refractivity contribution >= 4 is 12.4 Å². The van der Waals surface area contributed by atoms with Crippen LogP contribution in [-0.4, -0.2) is 18.3 Å². The molecule has 0 fully saturated rings. The van der Waals surface area contributed by atoms with Crippen LogP contribution in [0.5, 0.6) is 5.75 Å². The first-order valence-electron chi connectivity index (χ1n) is 4.83. The number of fused-ring (bicyclic) bond motifs is 1. The molecule has 0 spiro atoms. The topological polar surface area (TPSA) is 55.5 Å². The summed E-state index contributed by atoms with van der Waals surface area (Å²) in [6, 6.07) is 5.61. The van der Waals surface area contributed by atoms with Gasteiger partial charge in [0.2, 0.25) is 0 Å². The highest BCUT2D eigenvalue weighted by molar-refractivity contribution is 5.85. The van der Waals surface area contributed by atoms with E-state index in [9.17, 15) is 5.11 Å². The fourth-order valence-electron chi connectivity index (χ4n) is 1.92. The Morgan fingerprint density at radius 2 is 2.20 bits per heavy atom. The molecular weight excluding hydrogens is 214 g/mol. The van der Waals surface area contributed by atoms with Crippen LogP contribution in [0.4, 0.5) is 0 Å². The molecule has 0 saturated heterocycles. The Balaban J connectivity index is 0.00000112. The second kappa shape index (κ2) is 4.84. The SMILES string of the molecule is COc1ccc2c(c1)CCC(N)C2O.Cl. The van der Waals surface area contributed by atoms with E-state index < -0.39 is 6.10 Å². The van der Waals surface area contributed by atoms with Gasteiger partial charge >= 0.3 is 0 Å². The Morgan fingerprint density at radius 1 is 1.47 bits per heavy atom. The number of aliphatic hydroxyl groups excluding tert-OH is 1. The predicted octanol–water partition coefficient (Wildman–Crippen LogP) is 1.42. The lowest BCUT2D eigenvalue weighted by molar-refractivity contribution is 0.133. The van der Waals surface area contributed by atoms with Gasteiger partial charge in [-0.1, -0.05) is 6.07 Å². The van der Waals surface area contributed by atoms with Gasteiger partial charge in [-0.3, -0.25) is 0 Å². The number of nitrogens with two attached hydrogens (primary N) is 1. The van der Waals surface area contributed by atoms with Gasteiger partial charge in [0.1, 0.15) is 5.75 Å². The van der Waals surface area contributed by atoms with Gasteiger partial charge in [-0.05, 0) is 36.1 Å². The molecule has 0 amide bonds. The minimum absolute atomic E-state index is 0. The number of benzene rings is 1. The molecule has 2 atom stereocenters. The van der Waals surface area contributed by atoms with E-state index in [0.29, 0.717) is 0 Å². The zero-order chi connectivity index (χ0) is 10.1. The summed E-state index contributed by atoms with van der Waals surface area (Å²) in [5, 5.41) is 9.83. The number of halogens is 1. The molecule has 0 radical (unpaired) electrons. The van der Waals surface area contributed by atoms with E-state index in [1.165, 1.54) is 0 Å². The number of ether oxygens (including phenoxy) is 1. The second-order valence-electron chi connectivity index (χ2n) is 3.71. The van der Waals surface area contributed by atoms with Gasteiger partial charge in [0.05, 0.1) is 13.2 Å². The summed E-state index contributed by atoms with van der Waals surface area (Å²) in [5.41, 5.74) is 7.88. The van der Waals surface area contributed by atoms with Crippen LogP contribution < -0.4 is 10.5 Å². The average Bonchev–Trinajstić information content (AvgIpc) is 2.23. The fraction of sp³-hybridized carbons (Fsp3) is 0.455. The van der Waals surface area contributed by atoms with Crippen molar-refractivity contribution < 1.29 is 9.84 Å². The molecule has 0 bridgehead atoms. The van der Waals surface area contributed by atoms with Crippen LogP contribution in [-0.2, 0) is 6.42 Å². The van der Waals surface area contributed by atoms with E-state index in [2.05, 4.69) is 0 Å². The molecule has 2 rings (SSSR count). The van der Waals surface area contributed by atoms with Crippen molar-refractivity contribution in [2.45, 2.75) is 25.0 Å². The van der Waals surface area contributed by atoms with Crippen LogP contribution in [0, 0.1) is 0 Å². The summed E-state index contributed by atoms with van der Waals surface area (Å²) >= 11 is 0. The Morgan fingerprint density at radius 3 is 2.87 bits per heavy atom. The van der Waals surface area contributed by atoms with Gasteiger partial charge in [0.15, 0.2) is 0 Å². The molecule has 0 saturated carbocycles. The van der Waals surface area contributed by atoms with Crippen molar-refractivity contribution in [3.05, 3.63) is 29.3 Å². The van der Waals surface area contributed by atoms with E-state index in [0.717, 1.165) is 29.7 Å². The molecule has 1 aliphatic rings. The van der Waals surface area contributed by atoms with Crippen molar-refractivity contribution in [1.29, 1.82) is 0 Å². The number of methoxy groups -OCH3 is 1. The molecule has 3 N–H and O–H groups in total. The molecule has 0 aromatic heterocycles. The predicted molar refractivity (Wildman–Crippen MR) is 61.5 cm³/mol. The lowest BCUT2D eigenvalue weighted by Gasteiger charge is -2.27. The Labute approximate surface area is 95.7 Å². The molecule has 3 nitrogen and oxygen atoms in total. The number of rotatable bonds is 1. The van der Waals surface area contributed by atoms with Gasteiger partial charge in [-0.15, -0.1) is 12.4 Å². The maximum atomic E-state index is 9.83. The standard InChI is InChI=1S/C11H15NO2.ClH/c1-14-8-3-4-9-7(6-8)2-5-10(12)11(9)13;/h3-4,6,10-11,13H,2,5,12H2,1H3;1H. The summed E-state index contributed by atoms with van der Waals surface area (Å²) in [7, 11) is 1.65. The number of hydrogen-bond acceptors (Lipinski definition) is 3. The molecule has 1 aromatic carbocycles. The van der Waals surface area contributed by atoms with E-state index in [1.54, 1.807) is 7.11 Å². The lowest BCUT2D eigenvalue weighted by atomic mass is 9.86.